The summed E-state index contributed by atoms with van der Waals surface area (Å²) in [6.45, 7) is 8.92. The van der Waals surface area contributed by atoms with E-state index in [2.05, 4.69) is 19.9 Å². The van der Waals surface area contributed by atoms with Gasteiger partial charge in [0.2, 0.25) is 6.29 Å². The van der Waals surface area contributed by atoms with Gasteiger partial charge in [0.1, 0.15) is 105 Å². The fourth-order valence-corrected chi connectivity index (χ4v) is 14.8. The van der Waals surface area contributed by atoms with Crippen molar-refractivity contribution in [1.82, 2.24) is 0 Å². The standard InChI is InChI=1S/C56H88O27/c1-21(14-32(61)23(3)29-10-11-30-28-9-8-26-15-27(76-51-45(70)41(66)38(63)33(17-57)77-51)16-37(62)56(26,7)31(28)12-13-55(29,30)6)22(2)50(73)83-54-49(43(68)40(65)35(79-54)19-74-24(4)59)82-53-47(72)44(69)48(36(80-53)20-75-25(5)60)81-52-46(71)42(67)39(64)34(18-58)78-52/h8,23,27-49,51-54,57-58,61-72H,9-20H2,1-7H3/b22-21-. The Kier molecular flexibility index (Phi) is 21.3. The number of allylic oxidation sites excluding steroid dienone is 1. The van der Waals surface area contributed by atoms with Gasteiger partial charge in [0.15, 0.2) is 25.0 Å². The van der Waals surface area contributed by atoms with Crippen molar-refractivity contribution in [3.05, 3.63) is 22.8 Å². The average Bonchev–Trinajstić information content (AvgIpc) is 2.49. The van der Waals surface area contributed by atoms with Crippen molar-refractivity contribution in [2.75, 3.05) is 26.4 Å². The number of ether oxygens (including phenoxy) is 10. The Labute approximate surface area is 480 Å². The summed E-state index contributed by atoms with van der Waals surface area (Å²) in [6.07, 6.45) is -30.0. The van der Waals surface area contributed by atoms with Gasteiger partial charge in [0.05, 0.1) is 31.5 Å². The van der Waals surface area contributed by atoms with E-state index in [0.717, 1.165) is 51.5 Å². The van der Waals surface area contributed by atoms with Gasteiger partial charge in [-0.15, -0.1) is 0 Å². The molecule has 0 spiro atoms. The Bertz CT molecular complexity index is 2300. The molecule has 8 rings (SSSR count). The van der Waals surface area contributed by atoms with Crippen molar-refractivity contribution in [1.29, 1.82) is 0 Å². The third-order valence-corrected chi connectivity index (χ3v) is 20.0. The normalized spacial score (nSPS) is 47.4. The van der Waals surface area contributed by atoms with Crippen molar-refractivity contribution >= 4 is 17.9 Å². The molecule has 0 bridgehead atoms. The van der Waals surface area contributed by atoms with E-state index in [0.29, 0.717) is 12.0 Å². The molecular weight excluding hydrogens is 1100 g/mol. The highest BCUT2D eigenvalue weighted by atomic mass is 16.8. The molecule has 27 nitrogen and oxygen atoms in total. The fraction of sp³-hybridized carbons (Fsp3) is 0.875. The highest BCUT2D eigenvalue weighted by molar-refractivity contribution is 5.88. The van der Waals surface area contributed by atoms with Crippen LogP contribution < -0.4 is 0 Å². The third-order valence-electron chi connectivity index (χ3n) is 20.0. The van der Waals surface area contributed by atoms with E-state index in [1.165, 1.54) is 6.92 Å². The van der Waals surface area contributed by atoms with Gasteiger partial charge in [0.25, 0.3) is 0 Å². The van der Waals surface area contributed by atoms with Gasteiger partial charge >= 0.3 is 17.9 Å². The van der Waals surface area contributed by atoms with E-state index < -0.39 is 191 Å². The highest BCUT2D eigenvalue weighted by Gasteiger charge is 2.62. The smallest absolute Gasteiger partial charge is 0.336 e. The van der Waals surface area contributed by atoms with Crippen LogP contribution in [0.2, 0.25) is 0 Å². The highest BCUT2D eigenvalue weighted by Crippen LogP contribution is 2.67. The van der Waals surface area contributed by atoms with Gasteiger partial charge in [-0.3, -0.25) is 9.59 Å². The molecule has 3 saturated carbocycles. The Balaban J connectivity index is 0.929. The van der Waals surface area contributed by atoms with Crippen molar-refractivity contribution < 1.29 is 133 Å². The number of aliphatic hydroxyl groups is 14. The summed E-state index contributed by atoms with van der Waals surface area (Å²) in [5.41, 5.74) is 0.803. The summed E-state index contributed by atoms with van der Waals surface area (Å²) in [5, 5.41) is 152. The second-order valence-corrected chi connectivity index (χ2v) is 24.8. The molecular formula is C56H88O27. The first-order valence-electron chi connectivity index (χ1n) is 28.9. The number of fused-ring (bicyclic) bond motifs is 5. The summed E-state index contributed by atoms with van der Waals surface area (Å²) < 4.78 is 56.7. The van der Waals surface area contributed by atoms with Crippen molar-refractivity contribution in [2.24, 2.45) is 40.4 Å². The van der Waals surface area contributed by atoms with Crippen molar-refractivity contribution in [2.45, 2.75) is 241 Å². The molecule has 0 aromatic carbocycles. The van der Waals surface area contributed by atoms with Crippen LogP contribution in [0.15, 0.2) is 22.8 Å². The van der Waals surface area contributed by atoms with Crippen LogP contribution in [0.25, 0.3) is 0 Å². The lowest BCUT2D eigenvalue weighted by molar-refractivity contribution is -0.381. The monoisotopic (exact) mass is 1190 g/mol. The number of carbonyl (C=O) groups is 3. The summed E-state index contributed by atoms with van der Waals surface area (Å²) in [5.74, 6) is -2.10. The average molecular weight is 1190 g/mol. The van der Waals surface area contributed by atoms with Crippen LogP contribution >= 0.6 is 0 Å². The minimum absolute atomic E-state index is 0.0377. The van der Waals surface area contributed by atoms with Crippen LogP contribution in [0.4, 0.5) is 0 Å². The number of rotatable bonds is 18. The lowest BCUT2D eigenvalue weighted by Gasteiger charge is -2.60. The molecule has 30 unspecified atom stereocenters. The fourth-order valence-electron chi connectivity index (χ4n) is 14.8. The second kappa shape index (κ2) is 26.8. The number of hydrogen-bond acceptors (Lipinski definition) is 27. The molecule has 27 heteroatoms. The molecule has 30 atom stereocenters. The number of carbonyl (C=O) groups excluding carboxylic acids is 3. The number of hydrogen-bond donors (Lipinski definition) is 14. The molecule has 4 aliphatic heterocycles. The van der Waals surface area contributed by atoms with Gasteiger partial charge in [-0.05, 0) is 93.8 Å². The molecule has 4 heterocycles. The van der Waals surface area contributed by atoms with Gasteiger partial charge in [0, 0.05) is 31.3 Å². The van der Waals surface area contributed by atoms with Crippen LogP contribution in [0, 0.1) is 40.4 Å². The maximum absolute atomic E-state index is 14.1. The van der Waals surface area contributed by atoms with E-state index >= 15 is 0 Å². The van der Waals surface area contributed by atoms with Gasteiger partial charge in [-0.2, -0.15) is 0 Å². The molecule has 8 aliphatic rings. The molecule has 83 heavy (non-hydrogen) atoms. The maximum Gasteiger partial charge on any atom is 0.336 e. The summed E-state index contributed by atoms with van der Waals surface area (Å²) in [7, 11) is 0. The van der Waals surface area contributed by atoms with Crippen LogP contribution in [0.3, 0.4) is 0 Å². The number of esters is 3. The molecule has 4 saturated heterocycles. The molecule has 474 valence electrons. The molecule has 0 aromatic heterocycles. The van der Waals surface area contributed by atoms with Crippen molar-refractivity contribution in [3.8, 4) is 0 Å². The molecule has 4 aliphatic carbocycles. The Hall–Kier alpha value is -2.95. The predicted octanol–water partition coefficient (Wildman–Crippen LogP) is -3.42. The Morgan fingerprint density at radius 3 is 1.70 bits per heavy atom. The molecule has 0 amide bonds. The SMILES string of the molecule is CC(=O)OCC1OC(OC(=O)/C(C)=C(/C)CC(O)C(C)C2CCC3C4CC=C5CC(OC6OC(CO)C(O)C(O)C6O)CC(O)C5(C)C4CCC23C)C(OC2OC(COC(C)=O)C(OC3OC(CO)C(O)C(O)C3O)C(O)C2O)C(O)C1O. The quantitative estimate of drug-likeness (QED) is 0.0275. The zero-order valence-electron chi connectivity index (χ0n) is 47.8. The maximum atomic E-state index is 14.1. The summed E-state index contributed by atoms with van der Waals surface area (Å²) in [6, 6.07) is 0. The van der Waals surface area contributed by atoms with Gasteiger partial charge in [-0.1, -0.05) is 38.0 Å². The Morgan fingerprint density at radius 1 is 0.614 bits per heavy atom. The van der Waals surface area contributed by atoms with Crippen LogP contribution in [-0.4, -0.2) is 257 Å². The lowest BCUT2D eigenvalue weighted by atomic mass is 9.46. The van der Waals surface area contributed by atoms with Crippen molar-refractivity contribution in [3.63, 3.8) is 0 Å². The van der Waals surface area contributed by atoms with Gasteiger partial charge in [-0.25, -0.2) is 4.79 Å². The first-order chi connectivity index (χ1) is 39.1. The third kappa shape index (κ3) is 13.1. The predicted molar refractivity (Wildman–Crippen MR) is 278 cm³/mol. The molecule has 0 aromatic rings. The van der Waals surface area contributed by atoms with Crippen LogP contribution in [0.5, 0.6) is 0 Å². The lowest BCUT2D eigenvalue weighted by Crippen LogP contribution is -2.66. The van der Waals surface area contributed by atoms with E-state index in [-0.39, 0.29) is 53.4 Å². The largest absolute Gasteiger partial charge is 0.463 e. The molecule has 7 fully saturated rings. The second-order valence-electron chi connectivity index (χ2n) is 24.8. The van der Waals surface area contributed by atoms with Crippen LogP contribution in [-0.2, 0) is 61.8 Å². The minimum atomic E-state index is -2.13. The summed E-state index contributed by atoms with van der Waals surface area (Å²) in [4.78, 5) is 37.9. The Morgan fingerprint density at radius 2 is 1.12 bits per heavy atom. The molecule has 14 N–H and O–H groups in total. The zero-order valence-corrected chi connectivity index (χ0v) is 47.8. The summed E-state index contributed by atoms with van der Waals surface area (Å²) >= 11 is 0. The first kappa shape index (κ1) is 66.0. The van der Waals surface area contributed by atoms with Gasteiger partial charge < -0.3 is 119 Å². The van der Waals surface area contributed by atoms with E-state index in [1.807, 2.05) is 6.92 Å². The van der Waals surface area contributed by atoms with E-state index in [1.54, 1.807) is 6.92 Å². The molecule has 0 radical (unpaired) electrons. The van der Waals surface area contributed by atoms with E-state index in [9.17, 15) is 85.9 Å². The number of aliphatic hydroxyl groups excluding tert-OH is 14. The van der Waals surface area contributed by atoms with E-state index in [4.69, 9.17) is 47.4 Å². The zero-order chi connectivity index (χ0) is 60.9. The minimum Gasteiger partial charge on any atom is -0.463 e. The van der Waals surface area contributed by atoms with Crippen LogP contribution in [0.1, 0.15) is 99.8 Å². The topological polar surface area (TPSA) is 427 Å². The first-order valence-corrected chi connectivity index (χ1v) is 28.9.